The molecule has 1 aliphatic rings. The minimum Gasteiger partial charge on any atom is -0.372 e. The largest absolute Gasteiger partial charge is 0.417 e. The molecule has 186 valence electrons. The van der Waals surface area contributed by atoms with Gasteiger partial charge in [0, 0.05) is 18.8 Å². The van der Waals surface area contributed by atoms with E-state index in [1.165, 1.54) is 22.5 Å². The van der Waals surface area contributed by atoms with Crippen molar-refractivity contribution >= 4 is 29.7 Å². The number of nitrogens with zero attached hydrogens (tertiary/aromatic N) is 2. The number of ether oxygens (including phenoxy) is 1. The summed E-state index contributed by atoms with van der Waals surface area (Å²) in [5, 5.41) is 6.86. The summed E-state index contributed by atoms with van der Waals surface area (Å²) in [6.45, 7) is 6.55. The number of hydrogen-bond donors (Lipinski definition) is 2. The standard InChI is InChI=1S/C22H24ClF3N2O2.CH3NO2/c1-14-4-6-17(7-5-14)13-28(21(29)27-11-15(2)30-16(3)12-27)18-8-9-20(23)19(10-18)22(24,25)26;3-1-2-4/h4-10,15-16H,11-13H2,1-3H3;1,4H,(H,2,3). The van der Waals surface area contributed by atoms with E-state index >= 15 is 0 Å². The number of benzene rings is 2. The summed E-state index contributed by atoms with van der Waals surface area (Å²) in [6.07, 6.45) is -4.75. The maximum Gasteiger partial charge on any atom is 0.417 e. The molecule has 0 radical (unpaired) electrons. The first-order valence-electron chi connectivity index (χ1n) is 10.4. The number of rotatable bonds is 4. The van der Waals surface area contributed by atoms with E-state index in [2.05, 4.69) is 0 Å². The predicted octanol–water partition coefficient (Wildman–Crippen LogP) is 5.02. The number of carbonyl (C=O) groups excluding carboxylic acids is 2. The lowest BCUT2D eigenvalue weighted by Crippen LogP contribution is -2.52. The zero-order chi connectivity index (χ0) is 25.5. The second-order valence-electron chi connectivity index (χ2n) is 7.93. The number of halogens is 4. The molecule has 1 aliphatic heterocycles. The average molecular weight is 502 g/mol. The maximum atomic E-state index is 13.4. The highest BCUT2D eigenvalue weighted by atomic mass is 35.5. The summed E-state index contributed by atoms with van der Waals surface area (Å²) in [4.78, 5) is 25.2. The molecule has 0 saturated carbocycles. The zero-order valence-electron chi connectivity index (χ0n) is 19.0. The fourth-order valence-electron chi connectivity index (χ4n) is 3.55. The van der Waals surface area contributed by atoms with Gasteiger partial charge in [0.1, 0.15) is 0 Å². The fraction of sp³-hybridized carbons (Fsp3) is 0.391. The third-order valence-electron chi connectivity index (χ3n) is 5.00. The Morgan fingerprint density at radius 1 is 1.21 bits per heavy atom. The van der Waals surface area contributed by atoms with E-state index in [0.29, 0.717) is 13.1 Å². The van der Waals surface area contributed by atoms with Gasteiger partial charge < -0.3 is 9.64 Å². The first-order valence-corrected chi connectivity index (χ1v) is 10.8. The van der Waals surface area contributed by atoms with Crippen LogP contribution in [0.4, 0.5) is 23.7 Å². The van der Waals surface area contributed by atoms with Crippen LogP contribution >= 0.6 is 11.6 Å². The van der Waals surface area contributed by atoms with Crippen LogP contribution in [0, 0.1) is 6.92 Å². The molecule has 2 aromatic rings. The van der Waals surface area contributed by atoms with Gasteiger partial charge in [0.2, 0.25) is 6.41 Å². The molecule has 7 nitrogen and oxygen atoms in total. The van der Waals surface area contributed by atoms with Crippen LogP contribution in [0.15, 0.2) is 42.5 Å². The van der Waals surface area contributed by atoms with Crippen LogP contribution in [0.1, 0.15) is 30.5 Å². The van der Waals surface area contributed by atoms with E-state index in [1.54, 1.807) is 4.90 Å². The second-order valence-corrected chi connectivity index (χ2v) is 8.33. The van der Waals surface area contributed by atoms with E-state index in [-0.39, 0.29) is 36.9 Å². The molecule has 1 heterocycles. The van der Waals surface area contributed by atoms with Crippen molar-refractivity contribution in [2.45, 2.75) is 45.7 Å². The molecule has 2 unspecified atom stereocenters. The number of hydrogen-bond acceptors (Lipinski definition) is 4. The van der Waals surface area contributed by atoms with E-state index < -0.39 is 16.8 Å². The van der Waals surface area contributed by atoms with Crippen molar-refractivity contribution in [1.29, 1.82) is 0 Å². The number of urea groups is 1. The number of alkyl halides is 3. The van der Waals surface area contributed by atoms with Gasteiger partial charge >= 0.3 is 12.2 Å². The minimum absolute atomic E-state index is 0.137. The van der Waals surface area contributed by atoms with Crippen LogP contribution in [0.5, 0.6) is 0 Å². The normalized spacial score (nSPS) is 17.9. The van der Waals surface area contributed by atoms with Crippen LogP contribution in [0.3, 0.4) is 0 Å². The molecule has 2 aromatic carbocycles. The predicted molar refractivity (Wildman–Crippen MR) is 122 cm³/mol. The molecular weight excluding hydrogens is 475 g/mol. The van der Waals surface area contributed by atoms with E-state index in [9.17, 15) is 18.0 Å². The van der Waals surface area contributed by atoms with Crippen molar-refractivity contribution in [3.05, 3.63) is 64.2 Å². The molecule has 2 atom stereocenters. The summed E-state index contributed by atoms with van der Waals surface area (Å²) in [5.41, 5.74) is 2.29. The van der Waals surface area contributed by atoms with Crippen LogP contribution < -0.4 is 10.4 Å². The Labute approximate surface area is 201 Å². The third kappa shape index (κ3) is 7.61. The highest BCUT2D eigenvalue weighted by molar-refractivity contribution is 6.31. The van der Waals surface area contributed by atoms with Crippen molar-refractivity contribution in [3.8, 4) is 0 Å². The molecule has 34 heavy (non-hydrogen) atoms. The van der Waals surface area contributed by atoms with Gasteiger partial charge in [-0.05, 0) is 44.5 Å². The Hall–Kier alpha value is -2.82. The van der Waals surface area contributed by atoms with Crippen molar-refractivity contribution in [1.82, 2.24) is 10.4 Å². The Bertz CT molecular complexity index is 963. The number of hydroxylamine groups is 1. The Balaban J connectivity index is 0.000000945. The molecular formula is C23H27ClF3N3O4. The molecule has 1 fully saturated rings. The smallest absolute Gasteiger partial charge is 0.372 e. The van der Waals surface area contributed by atoms with E-state index in [4.69, 9.17) is 26.3 Å². The van der Waals surface area contributed by atoms with Crippen LogP contribution in [-0.4, -0.2) is 47.8 Å². The molecule has 0 spiro atoms. The van der Waals surface area contributed by atoms with Gasteiger partial charge in [-0.3, -0.25) is 14.9 Å². The first kappa shape index (κ1) is 27.4. The lowest BCUT2D eigenvalue weighted by molar-refractivity contribution is -0.137. The Morgan fingerprint density at radius 2 is 1.76 bits per heavy atom. The number of amides is 3. The second kappa shape index (κ2) is 12.0. The van der Waals surface area contributed by atoms with Gasteiger partial charge in [-0.1, -0.05) is 41.4 Å². The number of anilines is 1. The molecule has 11 heteroatoms. The summed E-state index contributed by atoms with van der Waals surface area (Å²) in [7, 11) is 0. The highest BCUT2D eigenvalue weighted by Crippen LogP contribution is 2.37. The average Bonchev–Trinajstić information content (AvgIpc) is 2.77. The SMILES string of the molecule is Cc1ccc(CN(C(=O)N2CC(C)OC(C)C2)c2ccc(Cl)c(C(F)(F)F)c2)cc1.O=CNO. The summed E-state index contributed by atoms with van der Waals surface area (Å²) < 4.78 is 45.9. The first-order chi connectivity index (χ1) is 16.0. The van der Waals surface area contributed by atoms with E-state index in [0.717, 1.165) is 17.2 Å². The molecule has 0 aliphatic carbocycles. The monoisotopic (exact) mass is 501 g/mol. The fourth-order valence-corrected chi connectivity index (χ4v) is 3.77. The van der Waals surface area contributed by atoms with Gasteiger partial charge in [-0.25, -0.2) is 10.3 Å². The van der Waals surface area contributed by atoms with Crippen molar-refractivity contribution < 1.29 is 32.7 Å². The Morgan fingerprint density at radius 3 is 2.26 bits per heavy atom. The summed E-state index contributed by atoms with van der Waals surface area (Å²) in [5.74, 6) is 0. The van der Waals surface area contributed by atoms with Crippen LogP contribution in [-0.2, 0) is 22.3 Å². The van der Waals surface area contributed by atoms with Gasteiger partial charge in [0.15, 0.2) is 0 Å². The van der Waals surface area contributed by atoms with Crippen molar-refractivity contribution in [2.75, 3.05) is 18.0 Å². The van der Waals surface area contributed by atoms with E-state index in [1.807, 2.05) is 45.0 Å². The molecule has 0 aromatic heterocycles. The molecule has 2 N–H and O–H groups in total. The minimum atomic E-state index is -4.62. The number of aryl methyl sites for hydroxylation is 1. The summed E-state index contributed by atoms with van der Waals surface area (Å²) in [6, 6.07) is 10.7. The molecule has 0 bridgehead atoms. The molecule has 1 saturated heterocycles. The zero-order valence-corrected chi connectivity index (χ0v) is 19.7. The maximum absolute atomic E-state index is 13.4. The van der Waals surface area contributed by atoms with Gasteiger partial charge in [-0.15, -0.1) is 0 Å². The van der Waals surface area contributed by atoms with Crippen molar-refractivity contribution in [2.24, 2.45) is 0 Å². The van der Waals surface area contributed by atoms with Gasteiger partial charge in [0.05, 0.1) is 29.3 Å². The molecule has 3 amide bonds. The highest BCUT2D eigenvalue weighted by Gasteiger charge is 2.35. The number of carbonyl (C=O) groups is 2. The van der Waals surface area contributed by atoms with Crippen LogP contribution in [0.25, 0.3) is 0 Å². The molecule has 3 rings (SSSR count). The Kier molecular flexibility index (Phi) is 9.72. The van der Waals surface area contributed by atoms with Gasteiger partial charge in [0.25, 0.3) is 0 Å². The number of nitrogens with one attached hydrogen (secondary N) is 1. The summed E-state index contributed by atoms with van der Waals surface area (Å²) >= 11 is 5.78. The van der Waals surface area contributed by atoms with Gasteiger partial charge in [-0.2, -0.15) is 13.2 Å². The van der Waals surface area contributed by atoms with Crippen LogP contribution in [0.2, 0.25) is 5.02 Å². The lowest BCUT2D eigenvalue weighted by Gasteiger charge is -2.38. The number of morpholine rings is 1. The lowest BCUT2D eigenvalue weighted by atomic mass is 10.1. The van der Waals surface area contributed by atoms with Crippen molar-refractivity contribution in [3.63, 3.8) is 0 Å². The third-order valence-corrected chi connectivity index (χ3v) is 5.33. The quantitative estimate of drug-likeness (QED) is 0.350. The topological polar surface area (TPSA) is 82.1 Å².